The molecule has 1 aromatic heterocycles. The van der Waals surface area contributed by atoms with Gasteiger partial charge in [-0.05, 0) is 48.9 Å². The van der Waals surface area contributed by atoms with Crippen LogP contribution in [-0.2, 0) is 4.79 Å². The van der Waals surface area contributed by atoms with Crippen molar-refractivity contribution in [1.82, 2.24) is 10.3 Å². The molecule has 2 N–H and O–H groups in total. The van der Waals surface area contributed by atoms with Crippen LogP contribution in [-0.4, -0.2) is 23.2 Å². The molecule has 0 aliphatic rings. The van der Waals surface area contributed by atoms with E-state index in [1.54, 1.807) is 26.0 Å². The third kappa shape index (κ3) is 6.28. The van der Waals surface area contributed by atoms with Gasteiger partial charge in [0.2, 0.25) is 5.91 Å². The molecule has 1 aromatic carbocycles. The Morgan fingerprint density at radius 1 is 1.19 bits per heavy atom. The molecule has 0 saturated carbocycles. The van der Waals surface area contributed by atoms with Crippen molar-refractivity contribution in [1.29, 1.82) is 0 Å². The van der Waals surface area contributed by atoms with Crippen molar-refractivity contribution in [3.8, 4) is 5.75 Å². The number of ether oxygens (including phenoxy) is 1. The molecular formula is C18H18F3N3O3. The van der Waals surface area contributed by atoms with Gasteiger partial charge in [0.1, 0.15) is 11.6 Å². The van der Waals surface area contributed by atoms with Gasteiger partial charge in [0, 0.05) is 18.2 Å². The smallest absolute Gasteiger partial charge is 0.406 e. The van der Waals surface area contributed by atoms with Gasteiger partial charge in [0.05, 0.1) is 6.04 Å². The number of alkyl halides is 3. The summed E-state index contributed by atoms with van der Waals surface area (Å²) < 4.78 is 40.3. The fourth-order valence-electron chi connectivity index (χ4n) is 2.19. The summed E-state index contributed by atoms with van der Waals surface area (Å²) >= 11 is 0. The van der Waals surface area contributed by atoms with Crippen molar-refractivity contribution in [2.45, 2.75) is 32.7 Å². The van der Waals surface area contributed by atoms with E-state index in [-0.39, 0.29) is 11.5 Å². The summed E-state index contributed by atoms with van der Waals surface area (Å²) in [6.07, 6.45) is -2.97. The molecule has 0 aliphatic heterocycles. The Kier molecular flexibility index (Phi) is 6.38. The Morgan fingerprint density at radius 3 is 2.44 bits per heavy atom. The van der Waals surface area contributed by atoms with Gasteiger partial charge in [0.25, 0.3) is 5.91 Å². The zero-order chi connectivity index (χ0) is 20.0. The van der Waals surface area contributed by atoms with E-state index in [9.17, 15) is 22.8 Å². The molecule has 0 aliphatic carbocycles. The largest absolute Gasteiger partial charge is 0.573 e. The number of hydrogen-bond donors (Lipinski definition) is 2. The van der Waals surface area contributed by atoms with Crippen LogP contribution in [0.15, 0.2) is 42.6 Å². The third-order valence-corrected chi connectivity index (χ3v) is 3.57. The summed E-state index contributed by atoms with van der Waals surface area (Å²) in [6.45, 7) is 3.45. The van der Waals surface area contributed by atoms with E-state index in [1.807, 2.05) is 0 Å². The summed E-state index contributed by atoms with van der Waals surface area (Å²) in [5.74, 6) is -0.679. The van der Waals surface area contributed by atoms with Crippen molar-refractivity contribution in [3.63, 3.8) is 0 Å². The Labute approximate surface area is 153 Å². The van der Waals surface area contributed by atoms with Crippen LogP contribution in [0.5, 0.6) is 5.75 Å². The number of nitrogens with one attached hydrogen (secondary N) is 2. The van der Waals surface area contributed by atoms with Gasteiger partial charge in [-0.1, -0.05) is 6.92 Å². The van der Waals surface area contributed by atoms with Crippen molar-refractivity contribution in [2.75, 3.05) is 5.32 Å². The molecule has 144 valence electrons. The molecule has 0 fully saturated rings. The topological polar surface area (TPSA) is 80.3 Å². The van der Waals surface area contributed by atoms with Crippen LogP contribution in [0.1, 0.15) is 42.2 Å². The number of nitrogens with zero attached hydrogens (tertiary/aromatic N) is 1. The first-order valence-corrected chi connectivity index (χ1v) is 8.10. The van der Waals surface area contributed by atoms with E-state index >= 15 is 0 Å². The molecule has 0 saturated heterocycles. The molecule has 0 spiro atoms. The number of benzene rings is 1. The predicted molar refractivity (Wildman–Crippen MR) is 92.2 cm³/mol. The van der Waals surface area contributed by atoms with Gasteiger partial charge >= 0.3 is 6.36 Å². The van der Waals surface area contributed by atoms with Crippen molar-refractivity contribution < 1.29 is 27.5 Å². The zero-order valence-electron chi connectivity index (χ0n) is 14.6. The molecule has 6 nitrogen and oxygen atoms in total. The minimum Gasteiger partial charge on any atom is -0.406 e. The average Bonchev–Trinajstić information content (AvgIpc) is 2.61. The predicted octanol–water partition coefficient (Wildman–Crippen LogP) is 3.82. The molecule has 0 radical (unpaired) electrons. The number of hydrogen-bond acceptors (Lipinski definition) is 4. The highest BCUT2D eigenvalue weighted by Crippen LogP contribution is 2.23. The summed E-state index contributed by atoms with van der Waals surface area (Å²) in [4.78, 5) is 27.7. The molecule has 9 heteroatoms. The fourth-order valence-corrected chi connectivity index (χ4v) is 2.19. The minimum absolute atomic E-state index is 0.183. The highest BCUT2D eigenvalue weighted by Gasteiger charge is 2.31. The van der Waals surface area contributed by atoms with Crippen LogP contribution in [0.2, 0.25) is 0 Å². The Bertz CT molecular complexity index is 807. The monoisotopic (exact) mass is 381 g/mol. The van der Waals surface area contributed by atoms with Crippen LogP contribution >= 0.6 is 0 Å². The first-order valence-electron chi connectivity index (χ1n) is 8.10. The number of halogens is 3. The number of anilines is 1. The summed E-state index contributed by atoms with van der Waals surface area (Å²) in [7, 11) is 0. The number of rotatable bonds is 6. The Balaban J connectivity index is 2.03. The second kappa shape index (κ2) is 8.52. The average molecular weight is 381 g/mol. The lowest BCUT2D eigenvalue weighted by molar-refractivity contribution is -0.274. The van der Waals surface area contributed by atoms with Gasteiger partial charge in [-0.3, -0.25) is 9.59 Å². The zero-order valence-corrected chi connectivity index (χ0v) is 14.6. The van der Waals surface area contributed by atoms with Crippen LogP contribution in [0, 0.1) is 0 Å². The summed E-state index contributed by atoms with van der Waals surface area (Å²) in [5.41, 5.74) is 0.895. The molecule has 2 aromatic rings. The van der Waals surface area contributed by atoms with Gasteiger partial charge in [0.15, 0.2) is 0 Å². The lowest BCUT2D eigenvalue weighted by Gasteiger charge is -2.15. The Hall–Kier alpha value is -3.10. The highest BCUT2D eigenvalue weighted by molar-refractivity contribution is 5.94. The maximum atomic E-state index is 12.3. The maximum absolute atomic E-state index is 12.3. The lowest BCUT2D eigenvalue weighted by atomic mass is 10.1. The van der Waals surface area contributed by atoms with E-state index in [0.29, 0.717) is 17.8 Å². The highest BCUT2D eigenvalue weighted by atomic mass is 19.4. The fraction of sp³-hybridized carbons (Fsp3) is 0.278. The summed E-state index contributed by atoms with van der Waals surface area (Å²) in [5, 5.41) is 5.36. The van der Waals surface area contributed by atoms with Gasteiger partial charge < -0.3 is 15.4 Å². The first kappa shape index (κ1) is 20.2. The van der Waals surface area contributed by atoms with Crippen LogP contribution in [0.3, 0.4) is 0 Å². The number of amides is 2. The maximum Gasteiger partial charge on any atom is 0.573 e. The van der Waals surface area contributed by atoms with Gasteiger partial charge in [-0.15, -0.1) is 13.2 Å². The number of carbonyl (C=O) groups excluding carboxylic acids is 2. The van der Waals surface area contributed by atoms with Crippen molar-refractivity contribution in [3.05, 3.63) is 53.7 Å². The quantitative estimate of drug-likeness (QED) is 0.797. The molecule has 2 rings (SSSR count). The Morgan fingerprint density at radius 2 is 1.85 bits per heavy atom. The number of aromatic nitrogens is 1. The minimum atomic E-state index is -4.79. The first-order chi connectivity index (χ1) is 12.7. The standard InChI is InChI=1S/C18H18F3N3O3/c1-3-16(25)24-15-10-13(8-9-22-15)11(2)23-17(26)12-4-6-14(7-5-12)27-18(19,20)21/h4-11H,3H2,1-2H3,(H,23,26)(H,22,24,25). The molecular weight excluding hydrogens is 363 g/mol. The normalized spacial score (nSPS) is 12.2. The van der Waals surface area contributed by atoms with Gasteiger partial charge in [-0.2, -0.15) is 0 Å². The molecule has 1 unspecified atom stereocenters. The van der Waals surface area contributed by atoms with E-state index in [1.165, 1.54) is 18.3 Å². The van der Waals surface area contributed by atoms with Crippen molar-refractivity contribution in [2.24, 2.45) is 0 Å². The molecule has 0 bridgehead atoms. The van der Waals surface area contributed by atoms with E-state index in [2.05, 4.69) is 20.4 Å². The number of carbonyl (C=O) groups is 2. The van der Waals surface area contributed by atoms with E-state index in [0.717, 1.165) is 12.1 Å². The molecule has 1 heterocycles. The number of pyridine rings is 1. The van der Waals surface area contributed by atoms with Crippen molar-refractivity contribution >= 4 is 17.6 Å². The van der Waals surface area contributed by atoms with Gasteiger partial charge in [-0.25, -0.2) is 4.98 Å². The lowest BCUT2D eigenvalue weighted by Crippen LogP contribution is -2.26. The molecule has 1 atom stereocenters. The van der Waals surface area contributed by atoms with Crippen LogP contribution in [0.25, 0.3) is 0 Å². The van der Waals surface area contributed by atoms with E-state index in [4.69, 9.17) is 0 Å². The summed E-state index contributed by atoms with van der Waals surface area (Å²) in [6, 6.07) is 7.52. The molecule has 27 heavy (non-hydrogen) atoms. The second-order valence-electron chi connectivity index (χ2n) is 5.64. The second-order valence-corrected chi connectivity index (χ2v) is 5.64. The SMILES string of the molecule is CCC(=O)Nc1cc(C(C)NC(=O)c2ccc(OC(F)(F)F)cc2)ccn1. The molecule has 2 amide bonds. The van der Waals surface area contributed by atoms with Crippen LogP contribution < -0.4 is 15.4 Å². The van der Waals surface area contributed by atoms with E-state index < -0.39 is 24.1 Å². The third-order valence-electron chi connectivity index (χ3n) is 3.57. The van der Waals surface area contributed by atoms with Crippen LogP contribution in [0.4, 0.5) is 19.0 Å².